The molecule has 2 heterocycles. The van der Waals surface area contributed by atoms with Crippen LogP contribution in [0, 0.1) is 18.6 Å². The highest BCUT2D eigenvalue weighted by molar-refractivity contribution is 7.11. The van der Waals surface area contributed by atoms with E-state index in [2.05, 4.69) is 16.8 Å². The summed E-state index contributed by atoms with van der Waals surface area (Å²) in [6, 6.07) is 3.53. The van der Waals surface area contributed by atoms with E-state index in [1.54, 1.807) is 0 Å². The summed E-state index contributed by atoms with van der Waals surface area (Å²) in [4.78, 5) is 8.12. The molecule has 1 aliphatic heterocycles. The van der Waals surface area contributed by atoms with Crippen LogP contribution in [0.4, 0.5) is 8.78 Å². The maximum Gasteiger partial charge on any atom is 0.162 e. The summed E-state index contributed by atoms with van der Waals surface area (Å²) in [5.41, 5.74) is 0.0360. The number of thiazole rings is 1. The molecular weight excluding hydrogens is 382 g/mol. The third kappa shape index (κ3) is 5.07. The molecule has 28 heavy (non-hydrogen) atoms. The molecule has 1 aromatic carbocycles. The van der Waals surface area contributed by atoms with Crippen molar-refractivity contribution < 1.29 is 18.6 Å². The molecule has 4 nitrogen and oxygen atoms in total. The predicted octanol–water partition coefficient (Wildman–Crippen LogP) is 4.43. The number of aryl methyl sites for hydroxylation is 1. The molecular formula is C21H28F2N2O2S. The Morgan fingerprint density at radius 2 is 2.07 bits per heavy atom. The minimum Gasteiger partial charge on any atom is -0.493 e. The lowest BCUT2D eigenvalue weighted by Gasteiger charge is -2.24. The molecule has 2 aromatic rings. The lowest BCUT2D eigenvalue weighted by molar-refractivity contribution is 0.0209. The molecule has 1 saturated heterocycles. The number of benzene rings is 1. The van der Waals surface area contributed by atoms with Gasteiger partial charge < -0.3 is 14.7 Å². The Labute approximate surface area is 169 Å². The van der Waals surface area contributed by atoms with E-state index in [0.29, 0.717) is 25.2 Å². The highest BCUT2D eigenvalue weighted by atomic mass is 32.1. The summed E-state index contributed by atoms with van der Waals surface area (Å²) in [5.74, 6) is -1.49. The standard InChI is InChI=1S/C21H28F2N2O2S/c1-3-10-25-11-4-8-21(26,9-12-25)20-24-15(2)19(28-20)7-13-27-16-5-6-17(22)18(23)14-16/h5-6,14,26H,3-4,7-13H2,1-2H3/t21-/m1/s1. The van der Waals surface area contributed by atoms with Crippen molar-refractivity contribution in [3.63, 3.8) is 0 Å². The number of aliphatic hydroxyl groups is 1. The Morgan fingerprint density at radius 1 is 1.25 bits per heavy atom. The summed E-state index contributed by atoms with van der Waals surface area (Å²) in [6.45, 7) is 7.44. The fourth-order valence-electron chi connectivity index (χ4n) is 3.62. The van der Waals surface area contributed by atoms with Crippen molar-refractivity contribution in [2.75, 3.05) is 26.2 Å². The SMILES string of the molecule is CCCN1CCC[C@](O)(c2nc(C)c(CCOc3ccc(F)c(F)c3)s2)CC1. The Kier molecular flexibility index (Phi) is 7.01. The summed E-state index contributed by atoms with van der Waals surface area (Å²) >= 11 is 1.54. The van der Waals surface area contributed by atoms with E-state index in [1.165, 1.54) is 17.4 Å². The molecule has 0 amide bonds. The quantitative estimate of drug-likeness (QED) is 0.733. The molecule has 1 fully saturated rings. The average molecular weight is 411 g/mol. The van der Waals surface area contributed by atoms with E-state index in [9.17, 15) is 13.9 Å². The number of hydrogen-bond donors (Lipinski definition) is 1. The molecule has 0 saturated carbocycles. The van der Waals surface area contributed by atoms with E-state index >= 15 is 0 Å². The first kappa shape index (κ1) is 21.1. The number of halogens is 2. The van der Waals surface area contributed by atoms with Gasteiger partial charge in [0.1, 0.15) is 16.4 Å². The number of rotatable bonds is 7. The van der Waals surface area contributed by atoms with Crippen LogP contribution in [0.3, 0.4) is 0 Å². The van der Waals surface area contributed by atoms with Crippen LogP contribution in [-0.2, 0) is 12.0 Å². The minimum atomic E-state index is -0.915. The predicted molar refractivity (Wildman–Crippen MR) is 107 cm³/mol. The molecule has 0 bridgehead atoms. The smallest absolute Gasteiger partial charge is 0.162 e. The zero-order chi connectivity index (χ0) is 20.1. The van der Waals surface area contributed by atoms with Gasteiger partial charge in [0, 0.05) is 23.9 Å². The molecule has 0 spiro atoms. The average Bonchev–Trinajstić information content (AvgIpc) is 2.93. The highest BCUT2D eigenvalue weighted by Crippen LogP contribution is 2.36. The molecule has 0 unspecified atom stereocenters. The van der Waals surface area contributed by atoms with Crippen LogP contribution in [0.2, 0.25) is 0 Å². The van der Waals surface area contributed by atoms with Crippen LogP contribution in [0.25, 0.3) is 0 Å². The largest absolute Gasteiger partial charge is 0.493 e. The molecule has 1 aromatic heterocycles. The molecule has 1 aliphatic rings. The van der Waals surface area contributed by atoms with Gasteiger partial charge >= 0.3 is 0 Å². The van der Waals surface area contributed by atoms with Crippen molar-refractivity contribution in [1.29, 1.82) is 0 Å². The van der Waals surface area contributed by atoms with Gasteiger partial charge in [-0.3, -0.25) is 0 Å². The fraction of sp³-hybridized carbons (Fsp3) is 0.571. The Hall–Kier alpha value is -1.57. The molecule has 154 valence electrons. The van der Waals surface area contributed by atoms with Crippen molar-refractivity contribution >= 4 is 11.3 Å². The second-order valence-electron chi connectivity index (χ2n) is 7.43. The molecule has 1 N–H and O–H groups in total. The minimum absolute atomic E-state index is 0.305. The van der Waals surface area contributed by atoms with E-state index < -0.39 is 17.2 Å². The van der Waals surface area contributed by atoms with Crippen molar-refractivity contribution in [3.05, 3.63) is 45.4 Å². The van der Waals surface area contributed by atoms with Crippen molar-refractivity contribution in [2.24, 2.45) is 0 Å². The van der Waals surface area contributed by atoms with Crippen LogP contribution >= 0.6 is 11.3 Å². The number of ether oxygens (including phenoxy) is 1. The topological polar surface area (TPSA) is 45.6 Å². The fourth-order valence-corrected chi connectivity index (χ4v) is 4.80. The van der Waals surface area contributed by atoms with Gasteiger partial charge in [0.05, 0.1) is 12.3 Å². The van der Waals surface area contributed by atoms with Crippen LogP contribution in [0.15, 0.2) is 18.2 Å². The van der Waals surface area contributed by atoms with Crippen molar-refractivity contribution in [2.45, 2.75) is 51.6 Å². The maximum absolute atomic E-state index is 13.3. The van der Waals surface area contributed by atoms with Crippen LogP contribution in [0.5, 0.6) is 5.75 Å². The first-order valence-electron chi connectivity index (χ1n) is 9.90. The van der Waals surface area contributed by atoms with E-state index in [0.717, 1.165) is 66.6 Å². The zero-order valence-electron chi connectivity index (χ0n) is 16.5. The summed E-state index contributed by atoms with van der Waals surface area (Å²) < 4.78 is 31.8. The molecule has 1 atom stereocenters. The van der Waals surface area contributed by atoms with Gasteiger partial charge in [-0.05, 0) is 57.8 Å². The number of aromatic nitrogens is 1. The van der Waals surface area contributed by atoms with Gasteiger partial charge in [0.2, 0.25) is 0 Å². The molecule has 0 aliphatic carbocycles. The summed E-state index contributed by atoms with van der Waals surface area (Å²) in [6.07, 6.45) is 4.12. The lowest BCUT2D eigenvalue weighted by atomic mass is 9.96. The van der Waals surface area contributed by atoms with E-state index in [1.807, 2.05) is 6.92 Å². The number of likely N-dealkylation sites (tertiary alicyclic amines) is 1. The van der Waals surface area contributed by atoms with Crippen LogP contribution in [-0.4, -0.2) is 41.2 Å². The van der Waals surface area contributed by atoms with Gasteiger partial charge in [0.15, 0.2) is 11.6 Å². The van der Waals surface area contributed by atoms with Gasteiger partial charge in [0.25, 0.3) is 0 Å². The Morgan fingerprint density at radius 3 is 2.82 bits per heavy atom. The summed E-state index contributed by atoms with van der Waals surface area (Å²) in [7, 11) is 0. The third-order valence-corrected chi connectivity index (χ3v) is 6.64. The lowest BCUT2D eigenvalue weighted by Crippen LogP contribution is -2.29. The molecule has 7 heteroatoms. The molecule has 3 rings (SSSR count). The van der Waals surface area contributed by atoms with Gasteiger partial charge in [-0.1, -0.05) is 6.92 Å². The van der Waals surface area contributed by atoms with Gasteiger partial charge in [-0.25, -0.2) is 13.8 Å². The monoisotopic (exact) mass is 410 g/mol. The zero-order valence-corrected chi connectivity index (χ0v) is 17.3. The summed E-state index contributed by atoms with van der Waals surface area (Å²) in [5, 5.41) is 12.0. The highest BCUT2D eigenvalue weighted by Gasteiger charge is 2.35. The number of hydrogen-bond acceptors (Lipinski definition) is 5. The molecule has 0 radical (unpaired) electrons. The first-order chi connectivity index (χ1) is 13.4. The normalized spacial score (nSPS) is 20.9. The van der Waals surface area contributed by atoms with Gasteiger partial charge in [-0.2, -0.15) is 0 Å². The van der Waals surface area contributed by atoms with Gasteiger partial charge in [-0.15, -0.1) is 11.3 Å². The van der Waals surface area contributed by atoms with E-state index in [4.69, 9.17) is 4.74 Å². The Balaban J connectivity index is 1.61. The Bertz CT molecular complexity index is 799. The van der Waals surface area contributed by atoms with Crippen LogP contribution in [0.1, 0.15) is 48.2 Å². The van der Waals surface area contributed by atoms with E-state index in [-0.39, 0.29) is 0 Å². The first-order valence-corrected chi connectivity index (χ1v) is 10.7. The second-order valence-corrected chi connectivity index (χ2v) is 8.51. The van der Waals surface area contributed by atoms with Crippen molar-refractivity contribution in [1.82, 2.24) is 9.88 Å². The second kappa shape index (κ2) is 9.29. The maximum atomic E-state index is 13.3. The van der Waals surface area contributed by atoms with Crippen LogP contribution < -0.4 is 4.74 Å². The number of nitrogens with zero attached hydrogens (tertiary/aromatic N) is 2. The third-order valence-electron chi connectivity index (χ3n) is 5.23. The van der Waals surface area contributed by atoms with Crippen molar-refractivity contribution in [3.8, 4) is 5.75 Å².